The van der Waals surface area contributed by atoms with E-state index < -0.39 is 66.4 Å². The van der Waals surface area contributed by atoms with E-state index in [2.05, 4.69) is 25.9 Å². The molecule has 4 aromatic rings. The highest BCUT2D eigenvalue weighted by molar-refractivity contribution is 5.96. The van der Waals surface area contributed by atoms with Gasteiger partial charge in [0.25, 0.3) is 0 Å². The molecule has 5 unspecified atom stereocenters. The Kier molecular flexibility index (Phi) is 9.98. The Morgan fingerprint density at radius 1 is 0.750 bits per heavy atom. The molecule has 5 atom stereocenters. The van der Waals surface area contributed by atoms with Gasteiger partial charge in [-0.3, -0.25) is 19.2 Å². The number of aromatic amines is 2. The van der Waals surface area contributed by atoms with Crippen LogP contribution in [0, 0.1) is 0 Å². The van der Waals surface area contributed by atoms with E-state index in [1.54, 1.807) is 24.5 Å². The number of H-pyrrole nitrogens is 2. The van der Waals surface area contributed by atoms with Gasteiger partial charge in [0.1, 0.15) is 12.1 Å². The first-order valence-corrected chi connectivity index (χ1v) is 13.8. The minimum atomic E-state index is -1.65. The number of para-hydroxylation sites is 2. The minimum absolute atomic E-state index is 0.0474. The standard InChI is InChI=1S/C30H34N6O8/c1-15(37)26(30(43)44)36-29(42)24(11-17-14-33-22-9-5-3-7-19(17)22)35-28(41)23(34-27(40)20(31)12-25(38)39)10-16-13-32-21-8-4-2-6-18(16)21/h2-9,13-15,20,23-24,26,32-33,37H,10-12,31H2,1H3,(H,34,40)(H,35,41)(H,36,42)(H,38,39)(H,43,44). The number of amides is 3. The number of nitrogens with one attached hydrogen (secondary N) is 5. The van der Waals surface area contributed by atoms with Crippen LogP contribution in [0.15, 0.2) is 60.9 Å². The lowest BCUT2D eigenvalue weighted by molar-refractivity contribution is -0.145. The number of aliphatic hydroxyl groups is 1. The van der Waals surface area contributed by atoms with Crippen LogP contribution < -0.4 is 21.7 Å². The molecule has 2 heterocycles. The Balaban J connectivity index is 1.65. The number of carboxylic acid groups (broad SMARTS) is 2. The quantitative estimate of drug-likeness (QED) is 0.0948. The summed E-state index contributed by atoms with van der Waals surface area (Å²) >= 11 is 0. The molecule has 4 rings (SSSR count). The van der Waals surface area contributed by atoms with Crippen LogP contribution in [0.1, 0.15) is 24.5 Å². The predicted octanol–water partition coefficient (Wildman–Crippen LogP) is 0.156. The summed E-state index contributed by atoms with van der Waals surface area (Å²) in [5.41, 5.74) is 8.62. The third-order valence-corrected chi connectivity index (χ3v) is 7.24. The van der Waals surface area contributed by atoms with E-state index in [9.17, 15) is 34.2 Å². The van der Waals surface area contributed by atoms with Crippen molar-refractivity contribution >= 4 is 51.5 Å². The number of aliphatic carboxylic acids is 2. The fraction of sp³-hybridized carbons (Fsp3) is 0.300. The zero-order valence-corrected chi connectivity index (χ0v) is 23.7. The number of aliphatic hydroxyl groups excluding tert-OH is 1. The fourth-order valence-electron chi connectivity index (χ4n) is 4.93. The number of carboxylic acids is 2. The molecule has 10 N–H and O–H groups in total. The van der Waals surface area contributed by atoms with Gasteiger partial charge in [0.15, 0.2) is 6.04 Å². The molecule has 44 heavy (non-hydrogen) atoms. The molecule has 0 saturated carbocycles. The second kappa shape index (κ2) is 13.8. The molecule has 0 spiro atoms. The second-order valence-corrected chi connectivity index (χ2v) is 10.5. The largest absolute Gasteiger partial charge is 0.481 e. The van der Waals surface area contributed by atoms with Crippen LogP contribution in [0.25, 0.3) is 21.8 Å². The van der Waals surface area contributed by atoms with Crippen LogP contribution in [0.2, 0.25) is 0 Å². The molecule has 0 aliphatic heterocycles. The van der Waals surface area contributed by atoms with Crippen LogP contribution in [0.4, 0.5) is 0 Å². The first-order chi connectivity index (χ1) is 20.9. The number of hydrogen-bond acceptors (Lipinski definition) is 7. The average molecular weight is 607 g/mol. The molecule has 14 heteroatoms. The molecule has 2 aromatic heterocycles. The summed E-state index contributed by atoms with van der Waals surface area (Å²) in [5.74, 6) is -5.33. The van der Waals surface area contributed by atoms with Crippen molar-refractivity contribution in [3.8, 4) is 0 Å². The lowest BCUT2D eigenvalue weighted by atomic mass is 10.0. The van der Waals surface area contributed by atoms with Gasteiger partial charge < -0.3 is 47.0 Å². The lowest BCUT2D eigenvalue weighted by Crippen LogP contribution is -2.59. The molecule has 0 aliphatic carbocycles. The molecule has 0 fully saturated rings. The molecule has 0 radical (unpaired) electrons. The van der Waals surface area contributed by atoms with Crippen molar-refractivity contribution in [2.75, 3.05) is 0 Å². The van der Waals surface area contributed by atoms with E-state index in [-0.39, 0.29) is 12.8 Å². The van der Waals surface area contributed by atoms with Crippen molar-refractivity contribution in [2.45, 2.75) is 56.5 Å². The Labute approximate surface area is 251 Å². The van der Waals surface area contributed by atoms with Gasteiger partial charge in [-0.1, -0.05) is 36.4 Å². The molecule has 232 valence electrons. The predicted molar refractivity (Wildman–Crippen MR) is 159 cm³/mol. The summed E-state index contributed by atoms with van der Waals surface area (Å²) in [6.07, 6.45) is 1.11. The van der Waals surface area contributed by atoms with E-state index in [0.717, 1.165) is 21.8 Å². The number of carbonyl (C=O) groups excluding carboxylic acids is 3. The number of aromatic nitrogens is 2. The van der Waals surface area contributed by atoms with E-state index in [1.807, 2.05) is 36.4 Å². The smallest absolute Gasteiger partial charge is 0.328 e. The van der Waals surface area contributed by atoms with Crippen LogP contribution >= 0.6 is 0 Å². The number of carbonyl (C=O) groups is 5. The summed E-state index contributed by atoms with van der Waals surface area (Å²) in [6, 6.07) is 8.81. The highest BCUT2D eigenvalue weighted by Gasteiger charge is 2.33. The van der Waals surface area contributed by atoms with Gasteiger partial charge in [-0.05, 0) is 30.2 Å². The fourth-order valence-corrected chi connectivity index (χ4v) is 4.93. The third-order valence-electron chi connectivity index (χ3n) is 7.24. The monoisotopic (exact) mass is 606 g/mol. The Bertz CT molecular complexity index is 1680. The number of nitrogens with two attached hydrogens (primary N) is 1. The first kappa shape index (κ1) is 31.7. The van der Waals surface area contributed by atoms with Crippen molar-refractivity contribution in [3.63, 3.8) is 0 Å². The second-order valence-electron chi connectivity index (χ2n) is 10.5. The number of fused-ring (bicyclic) bond motifs is 2. The van der Waals surface area contributed by atoms with Gasteiger partial charge in [-0.15, -0.1) is 0 Å². The molecule has 0 aliphatic rings. The van der Waals surface area contributed by atoms with Gasteiger partial charge in [0, 0.05) is 47.0 Å². The van der Waals surface area contributed by atoms with E-state index in [4.69, 9.17) is 10.8 Å². The van der Waals surface area contributed by atoms with Crippen LogP contribution in [-0.2, 0) is 36.8 Å². The summed E-state index contributed by atoms with van der Waals surface area (Å²) in [6.45, 7) is 1.21. The maximum Gasteiger partial charge on any atom is 0.328 e. The zero-order chi connectivity index (χ0) is 32.0. The average Bonchev–Trinajstić information content (AvgIpc) is 3.58. The molecular weight excluding hydrogens is 572 g/mol. The van der Waals surface area contributed by atoms with Gasteiger partial charge in [-0.25, -0.2) is 4.79 Å². The van der Waals surface area contributed by atoms with Crippen molar-refractivity contribution in [3.05, 3.63) is 72.1 Å². The molecule has 0 bridgehead atoms. The highest BCUT2D eigenvalue weighted by atomic mass is 16.4. The van der Waals surface area contributed by atoms with Gasteiger partial charge in [0.2, 0.25) is 17.7 Å². The third kappa shape index (κ3) is 7.59. The van der Waals surface area contributed by atoms with Gasteiger partial charge in [0.05, 0.1) is 18.6 Å². The van der Waals surface area contributed by atoms with Crippen molar-refractivity contribution in [1.82, 2.24) is 25.9 Å². The van der Waals surface area contributed by atoms with Crippen molar-refractivity contribution < 1.29 is 39.3 Å². The minimum Gasteiger partial charge on any atom is -0.481 e. The maximum atomic E-state index is 13.8. The number of hydrogen-bond donors (Lipinski definition) is 9. The van der Waals surface area contributed by atoms with Crippen LogP contribution in [-0.4, -0.2) is 85.2 Å². The topological polar surface area (TPSA) is 240 Å². The first-order valence-electron chi connectivity index (χ1n) is 13.8. The van der Waals surface area contributed by atoms with Gasteiger partial charge in [-0.2, -0.15) is 0 Å². The molecular formula is C30H34N6O8. The van der Waals surface area contributed by atoms with Crippen LogP contribution in [0.5, 0.6) is 0 Å². The van der Waals surface area contributed by atoms with Crippen molar-refractivity contribution in [2.24, 2.45) is 5.73 Å². The maximum absolute atomic E-state index is 13.8. The van der Waals surface area contributed by atoms with Crippen molar-refractivity contribution in [1.29, 1.82) is 0 Å². The molecule has 3 amide bonds. The number of benzene rings is 2. The van der Waals surface area contributed by atoms with E-state index in [0.29, 0.717) is 11.1 Å². The summed E-state index contributed by atoms with van der Waals surface area (Å²) in [7, 11) is 0. The normalized spacial score (nSPS) is 14.7. The summed E-state index contributed by atoms with van der Waals surface area (Å²) in [4.78, 5) is 69.1. The molecule has 2 aromatic carbocycles. The highest BCUT2D eigenvalue weighted by Crippen LogP contribution is 2.21. The molecule has 14 nitrogen and oxygen atoms in total. The van der Waals surface area contributed by atoms with E-state index in [1.165, 1.54) is 6.92 Å². The lowest BCUT2D eigenvalue weighted by Gasteiger charge is -2.26. The SMILES string of the molecule is CC(O)C(NC(=O)C(Cc1c[nH]c2ccccc12)NC(=O)C(Cc1c[nH]c2ccccc12)NC(=O)C(N)CC(=O)O)C(=O)O. The van der Waals surface area contributed by atoms with E-state index >= 15 is 0 Å². The molecule has 0 saturated heterocycles. The van der Waals surface area contributed by atoms with Gasteiger partial charge >= 0.3 is 11.9 Å². The zero-order valence-electron chi connectivity index (χ0n) is 23.7. The Hall–Kier alpha value is -5.21. The number of rotatable bonds is 14. The summed E-state index contributed by atoms with van der Waals surface area (Å²) < 4.78 is 0. The Morgan fingerprint density at radius 3 is 1.66 bits per heavy atom. The Morgan fingerprint density at radius 2 is 1.20 bits per heavy atom. The summed E-state index contributed by atoms with van der Waals surface area (Å²) in [5, 5.41) is 37.5. The van der Waals surface area contributed by atoms with Crippen LogP contribution in [0.3, 0.4) is 0 Å².